The van der Waals surface area contributed by atoms with Crippen molar-refractivity contribution >= 4 is 8.56 Å². The SMILES string of the molecule is CCCCC1=CC([Si](OC)(OC)C2C=CC(CCCC)=C2)C=C1. The fraction of sp³-hybridized carbons (Fsp3) is 0.600. The highest BCUT2D eigenvalue weighted by atomic mass is 28.4. The van der Waals surface area contributed by atoms with Crippen molar-refractivity contribution in [1.29, 1.82) is 0 Å². The zero-order chi connectivity index (χ0) is 16.7. The molecule has 2 rings (SSSR count). The van der Waals surface area contributed by atoms with Crippen LogP contribution in [-0.4, -0.2) is 22.8 Å². The first kappa shape index (κ1) is 18.4. The fourth-order valence-electron chi connectivity index (χ4n) is 3.58. The Morgan fingerprint density at radius 1 is 0.826 bits per heavy atom. The summed E-state index contributed by atoms with van der Waals surface area (Å²) in [6.07, 6.45) is 21.3. The van der Waals surface area contributed by atoms with Gasteiger partial charge in [-0.1, -0.05) is 74.3 Å². The van der Waals surface area contributed by atoms with E-state index in [-0.39, 0.29) is 0 Å². The van der Waals surface area contributed by atoms with Crippen molar-refractivity contribution in [2.24, 2.45) is 0 Å². The van der Waals surface area contributed by atoms with Gasteiger partial charge in [-0.3, -0.25) is 0 Å². The summed E-state index contributed by atoms with van der Waals surface area (Å²) in [6, 6.07) is 0. The van der Waals surface area contributed by atoms with Crippen molar-refractivity contribution in [2.45, 2.75) is 63.5 Å². The molecule has 0 radical (unpaired) electrons. The van der Waals surface area contributed by atoms with Crippen molar-refractivity contribution in [3.05, 3.63) is 47.6 Å². The van der Waals surface area contributed by atoms with Crippen LogP contribution in [0.4, 0.5) is 0 Å². The Kier molecular flexibility index (Phi) is 7.06. The zero-order valence-corrected chi connectivity index (χ0v) is 16.2. The van der Waals surface area contributed by atoms with E-state index < -0.39 is 8.56 Å². The summed E-state index contributed by atoms with van der Waals surface area (Å²) in [6.45, 7) is 4.48. The lowest BCUT2D eigenvalue weighted by Crippen LogP contribution is -2.47. The van der Waals surface area contributed by atoms with Crippen LogP contribution >= 0.6 is 0 Å². The normalized spacial score (nSPS) is 23.5. The molecule has 0 aliphatic heterocycles. The van der Waals surface area contributed by atoms with Crippen LogP contribution in [0.2, 0.25) is 11.1 Å². The monoisotopic (exact) mass is 332 g/mol. The largest absolute Gasteiger partial charge is 0.397 e. The van der Waals surface area contributed by atoms with Crippen molar-refractivity contribution in [1.82, 2.24) is 0 Å². The first-order chi connectivity index (χ1) is 11.2. The van der Waals surface area contributed by atoms with Crippen molar-refractivity contribution in [2.75, 3.05) is 14.2 Å². The molecule has 23 heavy (non-hydrogen) atoms. The Labute approximate surface area is 143 Å². The maximum absolute atomic E-state index is 6.09. The summed E-state index contributed by atoms with van der Waals surface area (Å²) >= 11 is 0. The third kappa shape index (κ3) is 4.14. The number of unbranched alkanes of at least 4 members (excludes halogenated alkanes) is 2. The number of rotatable bonds is 10. The quantitative estimate of drug-likeness (QED) is 0.468. The van der Waals surface area contributed by atoms with E-state index in [9.17, 15) is 0 Å². The molecule has 3 heteroatoms. The number of hydrogen-bond donors (Lipinski definition) is 0. The molecular formula is C20H32O2Si. The average molecular weight is 333 g/mol. The third-order valence-electron chi connectivity index (χ3n) is 5.03. The maximum atomic E-state index is 6.09. The minimum atomic E-state index is -2.37. The van der Waals surface area contributed by atoms with Crippen molar-refractivity contribution in [3.8, 4) is 0 Å². The van der Waals surface area contributed by atoms with E-state index in [0.717, 1.165) is 0 Å². The Balaban J connectivity index is 2.15. The molecule has 0 bridgehead atoms. The summed E-state index contributed by atoms with van der Waals surface area (Å²) in [7, 11) is 1.29. The molecule has 0 aromatic carbocycles. The third-order valence-corrected chi connectivity index (χ3v) is 8.88. The van der Waals surface area contributed by atoms with Gasteiger partial charge in [0.2, 0.25) is 0 Å². The minimum Gasteiger partial charge on any atom is -0.397 e. The van der Waals surface area contributed by atoms with Crippen molar-refractivity contribution in [3.63, 3.8) is 0 Å². The lowest BCUT2D eigenvalue weighted by molar-refractivity contribution is 0.236. The molecule has 0 fully saturated rings. The van der Waals surface area contributed by atoms with Gasteiger partial charge in [-0.25, -0.2) is 0 Å². The molecular weight excluding hydrogens is 300 g/mol. The standard InChI is InChI=1S/C20H32O2Si/c1-5-7-9-17-11-13-19(15-17)23(21-3,22-4)20-14-12-18(16-20)10-8-6-2/h11-16,19-20H,5-10H2,1-4H3. The summed E-state index contributed by atoms with van der Waals surface area (Å²) in [5, 5.41) is 0. The molecule has 0 saturated carbocycles. The first-order valence-electron chi connectivity index (χ1n) is 9.08. The molecule has 0 amide bonds. The van der Waals surface area contributed by atoms with E-state index in [1.165, 1.54) is 49.7 Å². The predicted octanol–water partition coefficient (Wildman–Crippen LogP) is 5.83. The minimum absolute atomic E-state index is 0.306. The zero-order valence-electron chi connectivity index (χ0n) is 15.2. The van der Waals surface area contributed by atoms with Crippen LogP contribution in [0.3, 0.4) is 0 Å². The molecule has 2 unspecified atom stereocenters. The Morgan fingerprint density at radius 2 is 1.26 bits per heavy atom. The highest BCUT2D eigenvalue weighted by Gasteiger charge is 2.49. The molecule has 0 saturated heterocycles. The lowest BCUT2D eigenvalue weighted by atomic mass is 10.1. The second kappa shape index (κ2) is 8.81. The van der Waals surface area contributed by atoms with Crippen LogP contribution in [0, 0.1) is 0 Å². The summed E-state index contributed by atoms with van der Waals surface area (Å²) < 4.78 is 12.2. The van der Waals surface area contributed by atoms with Gasteiger partial charge in [0.1, 0.15) is 0 Å². The number of hydrogen-bond acceptors (Lipinski definition) is 2. The maximum Gasteiger partial charge on any atom is 0.359 e. The highest BCUT2D eigenvalue weighted by molar-refractivity contribution is 6.72. The lowest BCUT2D eigenvalue weighted by Gasteiger charge is -2.34. The molecule has 0 N–H and O–H groups in total. The molecule has 0 aromatic heterocycles. The molecule has 2 nitrogen and oxygen atoms in total. The summed E-state index contributed by atoms with van der Waals surface area (Å²) in [5.74, 6) is 0. The number of allylic oxidation sites excluding steroid dienone is 8. The molecule has 2 aliphatic rings. The van der Waals surface area contributed by atoms with Gasteiger partial charge in [-0.15, -0.1) is 0 Å². The van der Waals surface area contributed by atoms with Gasteiger partial charge in [0, 0.05) is 25.3 Å². The van der Waals surface area contributed by atoms with Gasteiger partial charge >= 0.3 is 8.56 Å². The van der Waals surface area contributed by atoms with E-state index >= 15 is 0 Å². The van der Waals surface area contributed by atoms with E-state index in [1.54, 1.807) is 0 Å². The summed E-state index contributed by atoms with van der Waals surface area (Å²) in [4.78, 5) is 0. The van der Waals surface area contributed by atoms with Gasteiger partial charge < -0.3 is 8.85 Å². The molecule has 0 spiro atoms. The average Bonchev–Trinajstić information content (AvgIpc) is 3.23. The smallest absolute Gasteiger partial charge is 0.359 e. The second-order valence-electron chi connectivity index (χ2n) is 6.59. The van der Waals surface area contributed by atoms with Crippen LogP contribution in [0.15, 0.2) is 47.6 Å². The van der Waals surface area contributed by atoms with E-state index in [4.69, 9.17) is 8.85 Å². The van der Waals surface area contributed by atoms with Gasteiger partial charge in [-0.05, 0) is 25.7 Å². The highest BCUT2D eigenvalue weighted by Crippen LogP contribution is 2.44. The Bertz CT molecular complexity index is 456. The summed E-state index contributed by atoms with van der Waals surface area (Å²) in [5.41, 5.74) is 3.50. The van der Waals surface area contributed by atoms with E-state index in [2.05, 4.69) is 50.3 Å². The fourth-order valence-corrected chi connectivity index (χ4v) is 6.91. The van der Waals surface area contributed by atoms with Gasteiger partial charge in [0.05, 0.1) is 0 Å². The molecule has 128 valence electrons. The van der Waals surface area contributed by atoms with Crippen molar-refractivity contribution < 1.29 is 8.85 Å². The van der Waals surface area contributed by atoms with Crippen LogP contribution < -0.4 is 0 Å². The topological polar surface area (TPSA) is 18.5 Å². The Hall–Kier alpha value is -0.903. The van der Waals surface area contributed by atoms with Gasteiger partial charge in [0.25, 0.3) is 0 Å². The molecule has 2 aliphatic carbocycles. The Morgan fingerprint density at radius 3 is 1.61 bits per heavy atom. The van der Waals surface area contributed by atoms with Crippen LogP contribution in [-0.2, 0) is 8.85 Å². The molecule has 0 heterocycles. The predicted molar refractivity (Wildman–Crippen MR) is 101 cm³/mol. The van der Waals surface area contributed by atoms with E-state index in [0.29, 0.717) is 11.1 Å². The molecule has 2 atom stereocenters. The van der Waals surface area contributed by atoms with Crippen LogP contribution in [0.25, 0.3) is 0 Å². The second-order valence-corrected chi connectivity index (χ2v) is 10.2. The van der Waals surface area contributed by atoms with Crippen LogP contribution in [0.5, 0.6) is 0 Å². The van der Waals surface area contributed by atoms with Crippen LogP contribution in [0.1, 0.15) is 52.4 Å². The van der Waals surface area contributed by atoms with E-state index in [1.807, 2.05) is 14.2 Å². The first-order valence-corrected chi connectivity index (χ1v) is 11.0. The molecule has 0 aromatic rings. The van der Waals surface area contributed by atoms with Gasteiger partial charge in [0.15, 0.2) is 0 Å². The van der Waals surface area contributed by atoms with Gasteiger partial charge in [-0.2, -0.15) is 0 Å².